The molecule has 2 aliphatic rings. The predicted molar refractivity (Wildman–Crippen MR) is 98.8 cm³/mol. The average Bonchev–Trinajstić information content (AvgIpc) is 2.60. The van der Waals surface area contributed by atoms with Crippen LogP contribution in [0.1, 0.15) is 52.9 Å². The van der Waals surface area contributed by atoms with Crippen molar-refractivity contribution >= 4 is 11.9 Å². The van der Waals surface area contributed by atoms with Gasteiger partial charge in [0.15, 0.2) is 0 Å². The van der Waals surface area contributed by atoms with Gasteiger partial charge in [-0.2, -0.15) is 0 Å². The summed E-state index contributed by atoms with van der Waals surface area (Å²) >= 11 is 0. The lowest BCUT2D eigenvalue weighted by molar-refractivity contribution is -0.145. The van der Waals surface area contributed by atoms with Crippen LogP contribution in [0.2, 0.25) is 0 Å². The quantitative estimate of drug-likeness (QED) is 0.687. The summed E-state index contributed by atoms with van der Waals surface area (Å²) < 4.78 is 11.2. The van der Waals surface area contributed by atoms with Gasteiger partial charge in [-0.05, 0) is 49.4 Å². The van der Waals surface area contributed by atoms with Gasteiger partial charge in [-0.3, -0.25) is 9.59 Å². The minimum absolute atomic E-state index is 0.0146. The number of nitrogens with one attached hydrogen (secondary N) is 1. The number of carbonyl (C=O) groups excluding carboxylic acids is 1. The molecule has 1 saturated heterocycles. The Morgan fingerprint density at radius 3 is 2.50 bits per heavy atom. The van der Waals surface area contributed by atoms with Crippen molar-refractivity contribution in [2.75, 3.05) is 26.4 Å². The Hall–Kier alpha value is -1.14. The first-order valence-corrected chi connectivity index (χ1v) is 10.1. The van der Waals surface area contributed by atoms with Crippen molar-refractivity contribution in [3.8, 4) is 0 Å². The van der Waals surface area contributed by atoms with Gasteiger partial charge < -0.3 is 19.9 Å². The Labute approximate surface area is 157 Å². The zero-order valence-corrected chi connectivity index (χ0v) is 16.4. The monoisotopic (exact) mass is 369 g/mol. The van der Waals surface area contributed by atoms with Crippen LogP contribution in [0.3, 0.4) is 0 Å². The SMILES string of the molecule is CC1CCC(C(C)C)C(OCC(=O)NCC(C(=O)O)C2CCOCC2)C1. The molecule has 0 bridgehead atoms. The van der Waals surface area contributed by atoms with E-state index in [-0.39, 0.29) is 31.1 Å². The molecule has 4 atom stereocenters. The number of rotatable bonds is 8. The van der Waals surface area contributed by atoms with Crippen molar-refractivity contribution in [3.63, 3.8) is 0 Å². The maximum Gasteiger partial charge on any atom is 0.308 e. The van der Waals surface area contributed by atoms with Gasteiger partial charge in [-0.1, -0.05) is 27.2 Å². The zero-order valence-electron chi connectivity index (χ0n) is 16.4. The molecule has 4 unspecified atom stereocenters. The average molecular weight is 370 g/mol. The molecule has 6 heteroatoms. The third-order valence-corrected chi connectivity index (χ3v) is 6.06. The molecule has 2 rings (SSSR count). The van der Waals surface area contributed by atoms with E-state index in [1.807, 2.05) is 0 Å². The molecule has 2 N–H and O–H groups in total. The summed E-state index contributed by atoms with van der Waals surface area (Å²) in [6, 6.07) is 0. The van der Waals surface area contributed by atoms with E-state index in [0.29, 0.717) is 31.0 Å². The fourth-order valence-corrected chi connectivity index (χ4v) is 4.34. The van der Waals surface area contributed by atoms with E-state index >= 15 is 0 Å². The third-order valence-electron chi connectivity index (χ3n) is 6.06. The Morgan fingerprint density at radius 2 is 1.88 bits per heavy atom. The van der Waals surface area contributed by atoms with Gasteiger partial charge in [0.25, 0.3) is 0 Å². The predicted octanol–water partition coefficient (Wildman–Crippen LogP) is 2.71. The van der Waals surface area contributed by atoms with E-state index in [1.165, 1.54) is 6.42 Å². The smallest absolute Gasteiger partial charge is 0.308 e. The first kappa shape index (κ1) is 21.2. The second kappa shape index (κ2) is 10.3. The van der Waals surface area contributed by atoms with E-state index in [2.05, 4.69) is 26.1 Å². The summed E-state index contributed by atoms with van der Waals surface area (Å²) in [5.74, 6) is 0.104. The highest BCUT2D eigenvalue weighted by Crippen LogP contribution is 2.35. The van der Waals surface area contributed by atoms with Gasteiger partial charge in [0.05, 0.1) is 12.0 Å². The van der Waals surface area contributed by atoms with Crippen LogP contribution in [0.4, 0.5) is 0 Å². The van der Waals surface area contributed by atoms with Gasteiger partial charge in [0.1, 0.15) is 6.61 Å². The molecule has 26 heavy (non-hydrogen) atoms. The topological polar surface area (TPSA) is 84.9 Å². The Kier molecular flexibility index (Phi) is 8.35. The summed E-state index contributed by atoms with van der Waals surface area (Å²) in [5, 5.41) is 12.2. The molecule has 0 aromatic heterocycles. The highest BCUT2D eigenvalue weighted by atomic mass is 16.5. The lowest BCUT2D eigenvalue weighted by Gasteiger charge is -2.37. The first-order valence-electron chi connectivity index (χ1n) is 10.1. The van der Waals surface area contributed by atoms with Crippen molar-refractivity contribution in [1.82, 2.24) is 5.32 Å². The number of ether oxygens (including phenoxy) is 2. The fraction of sp³-hybridized carbons (Fsp3) is 0.900. The molecule has 1 heterocycles. The largest absolute Gasteiger partial charge is 0.481 e. The highest BCUT2D eigenvalue weighted by Gasteiger charge is 2.32. The number of amides is 1. The molecule has 6 nitrogen and oxygen atoms in total. The van der Waals surface area contributed by atoms with Crippen molar-refractivity contribution in [2.24, 2.45) is 29.6 Å². The second-order valence-corrected chi connectivity index (χ2v) is 8.37. The summed E-state index contributed by atoms with van der Waals surface area (Å²) in [6.45, 7) is 8.03. The summed E-state index contributed by atoms with van der Waals surface area (Å²) in [6.07, 6.45) is 4.96. The number of hydrogen-bond acceptors (Lipinski definition) is 4. The van der Waals surface area contributed by atoms with Crippen LogP contribution >= 0.6 is 0 Å². The van der Waals surface area contributed by atoms with Gasteiger partial charge in [-0.25, -0.2) is 0 Å². The second-order valence-electron chi connectivity index (χ2n) is 8.37. The summed E-state index contributed by atoms with van der Waals surface area (Å²) in [4.78, 5) is 23.7. The fourth-order valence-electron chi connectivity index (χ4n) is 4.34. The van der Waals surface area contributed by atoms with Crippen LogP contribution in [-0.4, -0.2) is 49.5 Å². The highest BCUT2D eigenvalue weighted by molar-refractivity contribution is 5.78. The molecular formula is C20H35NO5. The van der Waals surface area contributed by atoms with E-state index in [0.717, 1.165) is 25.7 Å². The Morgan fingerprint density at radius 1 is 1.19 bits per heavy atom. The normalized spacial score (nSPS) is 28.7. The van der Waals surface area contributed by atoms with Crippen molar-refractivity contribution in [2.45, 2.75) is 59.0 Å². The molecule has 0 spiro atoms. The van der Waals surface area contributed by atoms with E-state index in [1.54, 1.807) is 0 Å². The molecule has 0 radical (unpaired) electrons. The number of carboxylic acid groups (broad SMARTS) is 1. The number of aliphatic carboxylic acids is 1. The summed E-state index contributed by atoms with van der Waals surface area (Å²) in [5.41, 5.74) is 0. The first-order chi connectivity index (χ1) is 12.4. The van der Waals surface area contributed by atoms with Crippen LogP contribution in [0, 0.1) is 29.6 Å². The Bertz CT molecular complexity index is 461. The van der Waals surface area contributed by atoms with Crippen molar-refractivity contribution in [1.29, 1.82) is 0 Å². The van der Waals surface area contributed by atoms with E-state index < -0.39 is 11.9 Å². The van der Waals surface area contributed by atoms with Crippen LogP contribution in [0.15, 0.2) is 0 Å². The van der Waals surface area contributed by atoms with Gasteiger partial charge in [0, 0.05) is 19.8 Å². The lowest BCUT2D eigenvalue weighted by atomic mass is 9.75. The maximum absolute atomic E-state index is 12.2. The van der Waals surface area contributed by atoms with Crippen LogP contribution < -0.4 is 5.32 Å². The van der Waals surface area contributed by atoms with Crippen molar-refractivity contribution in [3.05, 3.63) is 0 Å². The molecule has 2 fully saturated rings. The molecule has 1 amide bonds. The molecule has 1 aliphatic heterocycles. The standard InChI is InChI=1S/C20H35NO5/c1-13(2)16-5-4-14(3)10-18(16)26-12-19(22)21-11-17(20(23)24)15-6-8-25-9-7-15/h13-18H,4-12H2,1-3H3,(H,21,22)(H,23,24). The molecule has 150 valence electrons. The van der Waals surface area contributed by atoms with Crippen LogP contribution in [-0.2, 0) is 19.1 Å². The van der Waals surface area contributed by atoms with Crippen LogP contribution in [0.25, 0.3) is 0 Å². The Balaban J connectivity index is 1.78. The van der Waals surface area contributed by atoms with E-state index in [9.17, 15) is 14.7 Å². The van der Waals surface area contributed by atoms with E-state index in [4.69, 9.17) is 9.47 Å². The zero-order chi connectivity index (χ0) is 19.1. The minimum Gasteiger partial charge on any atom is -0.481 e. The number of hydrogen-bond donors (Lipinski definition) is 2. The van der Waals surface area contributed by atoms with Gasteiger partial charge >= 0.3 is 5.97 Å². The molecule has 0 aromatic rings. The third kappa shape index (κ3) is 6.23. The summed E-state index contributed by atoms with van der Waals surface area (Å²) in [7, 11) is 0. The van der Waals surface area contributed by atoms with Crippen molar-refractivity contribution < 1.29 is 24.2 Å². The van der Waals surface area contributed by atoms with Gasteiger partial charge in [-0.15, -0.1) is 0 Å². The molecule has 0 aromatic carbocycles. The lowest BCUT2D eigenvalue weighted by Crippen LogP contribution is -2.41. The van der Waals surface area contributed by atoms with Crippen LogP contribution in [0.5, 0.6) is 0 Å². The minimum atomic E-state index is -0.848. The maximum atomic E-state index is 12.2. The number of carbonyl (C=O) groups is 2. The van der Waals surface area contributed by atoms with Gasteiger partial charge in [0.2, 0.25) is 5.91 Å². The molecule has 1 saturated carbocycles. The molecular weight excluding hydrogens is 334 g/mol. The number of carboxylic acids is 1. The molecule has 1 aliphatic carbocycles.